The van der Waals surface area contributed by atoms with Crippen LogP contribution in [0, 0.1) is 5.92 Å². The van der Waals surface area contributed by atoms with Gasteiger partial charge in [-0.05, 0) is 73.4 Å². The SMILES string of the molecule is COc1ncccc1NC(=O)Nc1ccc2c(c1)CCN(C(=O)O[C@H]1CC[C@H](CC(=O)O)CC1)C2. The Kier molecular flexibility index (Phi) is 7.69. The monoisotopic (exact) mass is 482 g/mol. The van der Waals surface area contributed by atoms with Crippen LogP contribution in [0.15, 0.2) is 36.5 Å². The van der Waals surface area contributed by atoms with Gasteiger partial charge in [-0.2, -0.15) is 0 Å². The Hall–Kier alpha value is -3.82. The van der Waals surface area contributed by atoms with Crippen LogP contribution in [0.4, 0.5) is 21.0 Å². The van der Waals surface area contributed by atoms with Gasteiger partial charge in [-0.25, -0.2) is 14.6 Å². The Morgan fingerprint density at radius 3 is 2.66 bits per heavy atom. The second kappa shape index (κ2) is 11.1. The Bertz CT molecular complexity index is 1080. The second-order valence-electron chi connectivity index (χ2n) is 8.92. The molecular weight excluding hydrogens is 452 g/mol. The number of ether oxygens (including phenoxy) is 2. The number of nitrogens with one attached hydrogen (secondary N) is 2. The van der Waals surface area contributed by atoms with E-state index in [1.807, 2.05) is 12.1 Å². The Morgan fingerprint density at radius 1 is 1.11 bits per heavy atom. The predicted molar refractivity (Wildman–Crippen MR) is 128 cm³/mol. The van der Waals surface area contributed by atoms with E-state index in [0.29, 0.717) is 49.6 Å². The maximum Gasteiger partial charge on any atom is 0.410 e. The molecule has 1 aromatic heterocycles. The van der Waals surface area contributed by atoms with Gasteiger partial charge in [0.2, 0.25) is 5.88 Å². The van der Waals surface area contributed by atoms with E-state index >= 15 is 0 Å². The number of urea groups is 1. The zero-order valence-electron chi connectivity index (χ0n) is 19.7. The lowest BCUT2D eigenvalue weighted by molar-refractivity contribution is -0.138. The average molecular weight is 483 g/mol. The first-order valence-electron chi connectivity index (χ1n) is 11.8. The molecule has 186 valence electrons. The maximum atomic E-state index is 12.7. The molecule has 3 N–H and O–H groups in total. The van der Waals surface area contributed by atoms with E-state index in [4.69, 9.17) is 14.6 Å². The lowest BCUT2D eigenvalue weighted by Gasteiger charge is -2.32. The quantitative estimate of drug-likeness (QED) is 0.561. The number of carbonyl (C=O) groups excluding carboxylic acids is 2. The number of carboxylic acids is 1. The van der Waals surface area contributed by atoms with E-state index in [2.05, 4.69) is 15.6 Å². The molecule has 0 unspecified atom stereocenters. The number of amides is 3. The van der Waals surface area contributed by atoms with Crippen molar-refractivity contribution in [2.24, 2.45) is 5.92 Å². The summed E-state index contributed by atoms with van der Waals surface area (Å²) in [6.45, 7) is 0.977. The molecule has 1 aliphatic carbocycles. The highest BCUT2D eigenvalue weighted by Crippen LogP contribution is 2.30. The molecule has 0 spiro atoms. The van der Waals surface area contributed by atoms with Gasteiger partial charge in [-0.1, -0.05) is 6.07 Å². The Morgan fingerprint density at radius 2 is 1.91 bits per heavy atom. The molecule has 1 aromatic carbocycles. The number of carbonyl (C=O) groups is 3. The number of benzene rings is 1. The van der Waals surface area contributed by atoms with Gasteiger partial charge in [-0.3, -0.25) is 4.79 Å². The van der Waals surface area contributed by atoms with Gasteiger partial charge >= 0.3 is 18.1 Å². The molecule has 0 saturated heterocycles. The topological polar surface area (TPSA) is 130 Å². The fourth-order valence-electron chi connectivity index (χ4n) is 4.64. The third-order valence-corrected chi connectivity index (χ3v) is 6.47. The molecule has 1 fully saturated rings. The summed E-state index contributed by atoms with van der Waals surface area (Å²) in [5.41, 5.74) is 3.20. The molecule has 10 heteroatoms. The minimum Gasteiger partial charge on any atom is -0.481 e. The van der Waals surface area contributed by atoms with Crippen LogP contribution in [0.2, 0.25) is 0 Å². The molecule has 3 amide bonds. The van der Waals surface area contributed by atoms with Crippen LogP contribution in [0.3, 0.4) is 0 Å². The lowest BCUT2D eigenvalue weighted by atomic mass is 9.85. The number of aromatic nitrogens is 1. The number of methoxy groups -OCH3 is 1. The second-order valence-corrected chi connectivity index (χ2v) is 8.92. The first kappa shape index (κ1) is 24.3. The molecule has 2 heterocycles. The van der Waals surface area contributed by atoms with Crippen molar-refractivity contribution >= 4 is 29.5 Å². The van der Waals surface area contributed by atoms with Gasteiger partial charge in [0, 0.05) is 31.4 Å². The van der Waals surface area contributed by atoms with Gasteiger partial charge in [-0.15, -0.1) is 0 Å². The van der Waals surface area contributed by atoms with Gasteiger partial charge in [0.1, 0.15) is 11.8 Å². The van der Waals surface area contributed by atoms with Gasteiger partial charge in [0.25, 0.3) is 0 Å². The smallest absolute Gasteiger partial charge is 0.410 e. The molecule has 4 rings (SSSR count). The van der Waals surface area contributed by atoms with Crippen molar-refractivity contribution in [3.8, 4) is 5.88 Å². The molecule has 0 radical (unpaired) electrons. The van der Waals surface area contributed by atoms with Crippen molar-refractivity contribution in [3.63, 3.8) is 0 Å². The highest BCUT2D eigenvalue weighted by Gasteiger charge is 2.28. The largest absolute Gasteiger partial charge is 0.481 e. The first-order valence-corrected chi connectivity index (χ1v) is 11.8. The van der Waals surface area contributed by atoms with Gasteiger partial charge in [0.15, 0.2) is 0 Å². The molecule has 35 heavy (non-hydrogen) atoms. The molecular formula is C25H30N4O6. The van der Waals surface area contributed by atoms with Gasteiger partial charge < -0.3 is 30.1 Å². The van der Waals surface area contributed by atoms with Crippen molar-refractivity contribution in [1.82, 2.24) is 9.88 Å². The minimum absolute atomic E-state index is 0.155. The van der Waals surface area contributed by atoms with E-state index < -0.39 is 12.0 Å². The summed E-state index contributed by atoms with van der Waals surface area (Å²) in [6, 6.07) is 8.63. The third-order valence-electron chi connectivity index (χ3n) is 6.47. The normalized spacial score (nSPS) is 19.3. The number of hydrogen-bond acceptors (Lipinski definition) is 6. The molecule has 10 nitrogen and oxygen atoms in total. The average Bonchev–Trinajstić information content (AvgIpc) is 2.85. The van der Waals surface area contributed by atoms with Crippen molar-refractivity contribution in [2.75, 3.05) is 24.3 Å². The van der Waals surface area contributed by atoms with Gasteiger partial charge in [0.05, 0.1) is 7.11 Å². The summed E-state index contributed by atoms with van der Waals surface area (Å²) in [7, 11) is 1.49. The summed E-state index contributed by atoms with van der Waals surface area (Å²) >= 11 is 0. The molecule has 0 bridgehead atoms. The molecule has 2 aromatic rings. The highest BCUT2D eigenvalue weighted by molar-refractivity contribution is 6.00. The minimum atomic E-state index is -0.773. The van der Waals surface area contributed by atoms with E-state index in [1.54, 1.807) is 29.3 Å². The van der Waals surface area contributed by atoms with Crippen LogP contribution in [0.1, 0.15) is 43.2 Å². The fourth-order valence-corrected chi connectivity index (χ4v) is 4.64. The standard InChI is InChI=1S/C25H30N4O6/c1-34-23-21(3-2-11-26-23)28-24(32)27-19-7-6-18-15-29(12-10-17(18)14-19)25(33)35-20-8-4-16(5-9-20)13-22(30)31/h2-3,6-7,11,14,16,20H,4-5,8-10,12-13,15H2,1H3,(H,30,31)(H2,27,28,32)/t16-,20-. The molecule has 2 aliphatic rings. The van der Waals surface area contributed by atoms with Crippen molar-refractivity contribution in [3.05, 3.63) is 47.7 Å². The number of fused-ring (bicyclic) bond motifs is 1. The van der Waals surface area contributed by atoms with Crippen LogP contribution in [0.5, 0.6) is 5.88 Å². The first-order chi connectivity index (χ1) is 16.9. The zero-order chi connectivity index (χ0) is 24.8. The summed E-state index contributed by atoms with van der Waals surface area (Å²) in [5, 5.41) is 14.5. The van der Waals surface area contributed by atoms with E-state index in [9.17, 15) is 14.4 Å². The Balaban J connectivity index is 1.28. The fraction of sp³-hybridized carbons (Fsp3) is 0.440. The number of anilines is 2. The molecule has 1 aliphatic heterocycles. The molecule has 0 atom stereocenters. The molecule has 1 saturated carbocycles. The number of nitrogens with zero attached hydrogens (tertiary/aromatic N) is 2. The number of carboxylic acid groups (broad SMARTS) is 1. The van der Waals surface area contributed by atoms with Crippen molar-refractivity contribution in [2.45, 2.75) is 51.2 Å². The van der Waals surface area contributed by atoms with Crippen LogP contribution in [-0.4, -0.2) is 52.8 Å². The number of pyridine rings is 1. The van der Waals surface area contributed by atoms with Crippen molar-refractivity contribution in [1.29, 1.82) is 0 Å². The van der Waals surface area contributed by atoms with E-state index in [0.717, 1.165) is 24.0 Å². The predicted octanol–water partition coefficient (Wildman–Crippen LogP) is 4.26. The summed E-state index contributed by atoms with van der Waals surface area (Å²) in [4.78, 5) is 41.8. The van der Waals surface area contributed by atoms with E-state index in [-0.39, 0.29) is 24.5 Å². The summed E-state index contributed by atoms with van der Waals surface area (Å²) in [5.74, 6) is -0.279. The number of rotatable bonds is 6. The summed E-state index contributed by atoms with van der Waals surface area (Å²) in [6.07, 6.45) is 4.88. The van der Waals surface area contributed by atoms with Crippen molar-refractivity contribution < 1.29 is 29.0 Å². The van der Waals surface area contributed by atoms with Crippen LogP contribution >= 0.6 is 0 Å². The van der Waals surface area contributed by atoms with E-state index in [1.165, 1.54) is 7.11 Å². The number of aliphatic carboxylic acids is 1. The third kappa shape index (κ3) is 6.40. The highest BCUT2D eigenvalue weighted by atomic mass is 16.6. The Labute approximate surface area is 203 Å². The zero-order valence-corrected chi connectivity index (χ0v) is 19.7. The number of hydrogen-bond donors (Lipinski definition) is 3. The maximum absolute atomic E-state index is 12.7. The van der Waals surface area contributed by atoms with Crippen LogP contribution in [-0.2, 0) is 22.5 Å². The van der Waals surface area contributed by atoms with Crippen LogP contribution in [0.25, 0.3) is 0 Å². The lowest BCUT2D eigenvalue weighted by Crippen LogP contribution is -2.39. The van der Waals surface area contributed by atoms with Crippen LogP contribution < -0.4 is 15.4 Å². The summed E-state index contributed by atoms with van der Waals surface area (Å²) < 4.78 is 10.9.